The summed E-state index contributed by atoms with van der Waals surface area (Å²) in [4.78, 5) is 23.7. The Morgan fingerprint density at radius 1 is 0.571 bits per heavy atom. The Kier molecular flexibility index (Phi) is 31.1. The summed E-state index contributed by atoms with van der Waals surface area (Å²) >= 11 is 0. The number of aliphatic hydroxyl groups is 1. The zero-order chi connectivity index (χ0) is 30.9. The first kappa shape index (κ1) is 40.4. The van der Waals surface area contributed by atoms with Gasteiger partial charge in [0.05, 0.1) is 13.2 Å². The van der Waals surface area contributed by atoms with Crippen LogP contribution in [-0.2, 0) is 19.1 Å². The normalized spacial score (nSPS) is 13.1. The summed E-state index contributed by atoms with van der Waals surface area (Å²) in [6.45, 7) is 4.43. The smallest absolute Gasteiger partial charge is 0.306 e. The number of esters is 2. The number of hydrogen-bond acceptors (Lipinski definition) is 5. The van der Waals surface area contributed by atoms with E-state index < -0.39 is 0 Å². The maximum absolute atomic E-state index is 12.5. The van der Waals surface area contributed by atoms with E-state index in [0.717, 1.165) is 96.3 Å². The Balaban J connectivity index is 3.97. The van der Waals surface area contributed by atoms with E-state index in [9.17, 15) is 14.7 Å². The number of allylic oxidation sites excluding steroid dienone is 2. The molecule has 0 amide bonds. The molecule has 0 radical (unpaired) electrons. The minimum atomic E-state index is -0.183. The Bertz CT molecular complexity index is 657. The molecule has 0 aromatic rings. The lowest BCUT2D eigenvalue weighted by Crippen LogP contribution is -2.17. The van der Waals surface area contributed by atoms with Gasteiger partial charge in [0.15, 0.2) is 0 Å². The molecule has 0 aliphatic rings. The minimum absolute atomic E-state index is 0.00516. The summed E-state index contributed by atoms with van der Waals surface area (Å²) in [5.41, 5.74) is 0. The molecule has 5 heteroatoms. The predicted octanol–water partition coefficient (Wildman–Crippen LogP) is 10.7. The monoisotopic (exact) mass is 593 g/mol. The molecule has 246 valence electrons. The van der Waals surface area contributed by atoms with Crippen molar-refractivity contribution in [3.63, 3.8) is 0 Å². The molecule has 0 saturated heterocycles. The molecule has 0 spiro atoms. The Morgan fingerprint density at radius 2 is 1.05 bits per heavy atom. The van der Waals surface area contributed by atoms with Crippen LogP contribution in [0.5, 0.6) is 0 Å². The second kappa shape index (κ2) is 32.3. The van der Waals surface area contributed by atoms with E-state index in [4.69, 9.17) is 4.74 Å². The molecule has 0 bridgehead atoms. The number of carbonyl (C=O) groups excluding carboxylic acids is 2. The van der Waals surface area contributed by atoms with Crippen LogP contribution < -0.4 is 0 Å². The zero-order valence-corrected chi connectivity index (χ0v) is 27.9. The third-order valence-electron chi connectivity index (χ3n) is 7.94. The fraction of sp³-hybridized carbons (Fsp3) is 0.838. The first-order chi connectivity index (χ1) is 20.5. The molecule has 5 nitrogen and oxygen atoms in total. The van der Waals surface area contributed by atoms with Crippen LogP contribution in [-0.4, -0.2) is 36.4 Å². The van der Waals surface area contributed by atoms with Crippen molar-refractivity contribution in [2.24, 2.45) is 0 Å². The van der Waals surface area contributed by atoms with Crippen LogP contribution in [0.15, 0.2) is 24.3 Å². The summed E-state index contributed by atoms with van der Waals surface area (Å²) in [5.74, 6) is -0.147. The number of aliphatic hydroxyl groups excluding tert-OH is 1. The lowest BCUT2D eigenvalue weighted by Gasteiger charge is -2.16. The average Bonchev–Trinajstić information content (AvgIpc) is 2.98. The van der Waals surface area contributed by atoms with Crippen molar-refractivity contribution in [2.45, 2.75) is 193 Å². The number of hydrogen-bond donors (Lipinski definition) is 1. The van der Waals surface area contributed by atoms with Crippen molar-refractivity contribution in [2.75, 3.05) is 7.11 Å². The second-order valence-electron chi connectivity index (χ2n) is 12.1. The highest BCUT2D eigenvalue weighted by atomic mass is 16.5. The molecule has 42 heavy (non-hydrogen) atoms. The first-order valence-corrected chi connectivity index (χ1v) is 17.8. The number of ether oxygens (including phenoxy) is 2. The largest absolute Gasteiger partial charge is 0.469 e. The van der Waals surface area contributed by atoms with Crippen molar-refractivity contribution >= 4 is 11.9 Å². The van der Waals surface area contributed by atoms with Gasteiger partial charge in [0.25, 0.3) is 0 Å². The highest BCUT2D eigenvalue weighted by molar-refractivity contribution is 5.69. The standard InChI is InChI=1S/C37H68O5/c1-4-6-8-22-28-34(38)29-23-18-14-10-12-17-21-27-33-37(40)42-35(30-24-9-7-5-2)31-25-19-15-11-13-16-20-26-32-36(39)41-3/h18-19,23,25,34-35,38H,4-17,20-22,24,26-33H2,1-3H3/b23-18-,25-19-. The van der Waals surface area contributed by atoms with E-state index in [1.165, 1.54) is 64.9 Å². The van der Waals surface area contributed by atoms with Crippen LogP contribution in [0.2, 0.25) is 0 Å². The SMILES string of the molecule is CCCCCCC(O)C/C=C\CCCCCCCC(=O)OC(C/C=C\CCCCCCCC(=O)OC)CCCCCC. The molecule has 0 saturated carbocycles. The fourth-order valence-electron chi connectivity index (χ4n) is 5.16. The first-order valence-electron chi connectivity index (χ1n) is 17.8. The van der Waals surface area contributed by atoms with Gasteiger partial charge < -0.3 is 14.6 Å². The maximum atomic E-state index is 12.5. The van der Waals surface area contributed by atoms with E-state index in [2.05, 4.69) is 42.9 Å². The van der Waals surface area contributed by atoms with Gasteiger partial charge in [-0.1, -0.05) is 122 Å². The molecule has 0 aromatic carbocycles. The molecule has 0 rings (SSSR count). The molecular weight excluding hydrogens is 524 g/mol. The Labute approximate surface area is 260 Å². The average molecular weight is 593 g/mol. The van der Waals surface area contributed by atoms with Crippen LogP contribution in [0, 0.1) is 0 Å². The van der Waals surface area contributed by atoms with Gasteiger partial charge in [0.1, 0.15) is 6.10 Å². The van der Waals surface area contributed by atoms with Crippen molar-refractivity contribution < 1.29 is 24.2 Å². The molecule has 0 aromatic heterocycles. The summed E-state index contributed by atoms with van der Waals surface area (Å²) in [7, 11) is 1.44. The Morgan fingerprint density at radius 3 is 1.62 bits per heavy atom. The van der Waals surface area contributed by atoms with Crippen molar-refractivity contribution in [3.8, 4) is 0 Å². The number of carbonyl (C=O) groups is 2. The van der Waals surface area contributed by atoms with Crippen LogP contribution in [0.4, 0.5) is 0 Å². The molecule has 0 fully saturated rings. The van der Waals surface area contributed by atoms with Crippen molar-refractivity contribution in [1.29, 1.82) is 0 Å². The lowest BCUT2D eigenvalue weighted by molar-refractivity contribution is -0.149. The van der Waals surface area contributed by atoms with E-state index in [-0.39, 0.29) is 24.1 Å². The van der Waals surface area contributed by atoms with Gasteiger partial charge in [-0.15, -0.1) is 0 Å². The molecule has 2 atom stereocenters. The number of rotatable bonds is 31. The molecule has 0 heterocycles. The van der Waals surface area contributed by atoms with E-state index in [1.807, 2.05) is 0 Å². The quantitative estimate of drug-likeness (QED) is 0.0492. The van der Waals surface area contributed by atoms with Gasteiger partial charge in [-0.25, -0.2) is 0 Å². The van der Waals surface area contributed by atoms with Crippen molar-refractivity contribution in [1.82, 2.24) is 0 Å². The molecule has 0 aliphatic carbocycles. The highest BCUT2D eigenvalue weighted by Crippen LogP contribution is 2.16. The molecular formula is C37H68O5. The summed E-state index contributed by atoms with van der Waals surface area (Å²) in [6, 6.07) is 0. The Hall–Kier alpha value is -1.62. The van der Waals surface area contributed by atoms with Crippen molar-refractivity contribution in [3.05, 3.63) is 24.3 Å². The van der Waals surface area contributed by atoms with Gasteiger partial charge in [-0.2, -0.15) is 0 Å². The second-order valence-corrected chi connectivity index (χ2v) is 12.1. The van der Waals surface area contributed by atoms with Gasteiger partial charge in [0.2, 0.25) is 0 Å². The van der Waals surface area contributed by atoms with E-state index in [1.54, 1.807) is 0 Å². The van der Waals surface area contributed by atoms with Gasteiger partial charge in [-0.05, 0) is 64.2 Å². The molecule has 0 aliphatic heterocycles. The number of unbranched alkanes of at least 4 members (excludes halogenated alkanes) is 16. The van der Waals surface area contributed by atoms with E-state index in [0.29, 0.717) is 12.8 Å². The third-order valence-corrected chi connectivity index (χ3v) is 7.94. The number of methoxy groups -OCH3 is 1. The van der Waals surface area contributed by atoms with E-state index >= 15 is 0 Å². The van der Waals surface area contributed by atoms with Crippen LogP contribution in [0.25, 0.3) is 0 Å². The highest BCUT2D eigenvalue weighted by Gasteiger charge is 2.13. The zero-order valence-electron chi connectivity index (χ0n) is 27.9. The van der Waals surface area contributed by atoms with Crippen LogP contribution in [0.1, 0.15) is 181 Å². The minimum Gasteiger partial charge on any atom is -0.469 e. The topological polar surface area (TPSA) is 72.8 Å². The lowest BCUT2D eigenvalue weighted by atomic mass is 10.1. The van der Waals surface area contributed by atoms with Gasteiger partial charge >= 0.3 is 11.9 Å². The summed E-state index contributed by atoms with van der Waals surface area (Å²) < 4.78 is 10.6. The summed E-state index contributed by atoms with van der Waals surface area (Å²) in [6.07, 6.45) is 36.0. The van der Waals surface area contributed by atoms with Gasteiger partial charge in [-0.3, -0.25) is 9.59 Å². The third kappa shape index (κ3) is 29.9. The molecule has 2 unspecified atom stereocenters. The van der Waals surface area contributed by atoms with Crippen LogP contribution in [0.3, 0.4) is 0 Å². The predicted molar refractivity (Wildman–Crippen MR) is 178 cm³/mol. The van der Waals surface area contributed by atoms with Crippen LogP contribution >= 0.6 is 0 Å². The fourth-order valence-corrected chi connectivity index (χ4v) is 5.16. The maximum Gasteiger partial charge on any atom is 0.306 e. The summed E-state index contributed by atoms with van der Waals surface area (Å²) in [5, 5.41) is 10.0. The molecule has 1 N–H and O–H groups in total. The van der Waals surface area contributed by atoms with Gasteiger partial charge in [0, 0.05) is 19.3 Å².